The van der Waals surface area contributed by atoms with Gasteiger partial charge in [-0.2, -0.15) is 0 Å². The van der Waals surface area contributed by atoms with Gasteiger partial charge in [-0.25, -0.2) is 4.79 Å². The minimum atomic E-state index is -0.354. The first kappa shape index (κ1) is 31.5. The molecule has 2 amide bonds. The van der Waals surface area contributed by atoms with Crippen LogP contribution in [0.2, 0.25) is 0 Å². The van der Waals surface area contributed by atoms with Gasteiger partial charge in [0.25, 0.3) is 0 Å². The number of methoxy groups -OCH3 is 5. The molecule has 230 valence electrons. The van der Waals surface area contributed by atoms with Crippen LogP contribution in [0, 0.1) is 6.92 Å². The molecule has 4 rings (SSSR count). The maximum absolute atomic E-state index is 14.3. The Labute approximate surface area is 250 Å². The Morgan fingerprint density at radius 3 is 2.21 bits per heavy atom. The van der Waals surface area contributed by atoms with Crippen molar-refractivity contribution in [2.75, 3.05) is 68.3 Å². The van der Waals surface area contributed by atoms with E-state index in [4.69, 9.17) is 23.7 Å². The van der Waals surface area contributed by atoms with Crippen LogP contribution in [-0.4, -0.2) is 89.1 Å². The standard InChI is InChI=1S/C33H47N3O6/c1-23-24(16-27(39-5)18-29(23)41-7)21-34-11-9-10-26-20-33(2,3)31-25(17-28(40-6)19-30(31)42-8)22-36(26)32(37)35(13-12-34)14-15-38-4/h16-20H,9-15,21-22H2,1-8H3. The zero-order valence-electron chi connectivity index (χ0n) is 26.5. The van der Waals surface area contributed by atoms with E-state index in [9.17, 15) is 4.79 Å². The number of nitrogens with zero attached hydrogens (tertiary/aromatic N) is 3. The minimum Gasteiger partial charge on any atom is -0.497 e. The summed E-state index contributed by atoms with van der Waals surface area (Å²) < 4.78 is 28.0. The van der Waals surface area contributed by atoms with Crippen molar-refractivity contribution in [3.63, 3.8) is 0 Å². The number of carbonyl (C=O) groups excluding carboxylic acids is 1. The second-order valence-corrected chi connectivity index (χ2v) is 11.6. The van der Waals surface area contributed by atoms with Crippen LogP contribution in [-0.2, 0) is 23.2 Å². The molecular weight excluding hydrogens is 534 g/mol. The number of amides is 2. The molecule has 9 nitrogen and oxygen atoms in total. The highest BCUT2D eigenvalue weighted by molar-refractivity contribution is 5.77. The molecule has 0 bridgehead atoms. The molecule has 42 heavy (non-hydrogen) atoms. The van der Waals surface area contributed by atoms with Crippen LogP contribution in [0.1, 0.15) is 48.9 Å². The van der Waals surface area contributed by atoms with Crippen molar-refractivity contribution in [2.24, 2.45) is 0 Å². The zero-order valence-corrected chi connectivity index (χ0v) is 26.5. The molecule has 2 aromatic carbocycles. The van der Waals surface area contributed by atoms with Gasteiger partial charge in [-0.1, -0.05) is 19.9 Å². The third kappa shape index (κ3) is 6.79. The molecule has 1 saturated heterocycles. The van der Waals surface area contributed by atoms with E-state index in [1.165, 1.54) is 0 Å². The van der Waals surface area contributed by atoms with Crippen LogP contribution in [0.3, 0.4) is 0 Å². The number of hydrogen-bond acceptors (Lipinski definition) is 7. The van der Waals surface area contributed by atoms with E-state index in [1.807, 2.05) is 28.0 Å². The Bertz CT molecular complexity index is 1290. The largest absolute Gasteiger partial charge is 0.497 e. The molecule has 0 spiro atoms. The highest BCUT2D eigenvalue weighted by Gasteiger charge is 2.35. The number of allylic oxidation sites excluding steroid dienone is 2. The lowest BCUT2D eigenvalue weighted by atomic mass is 9.80. The van der Waals surface area contributed by atoms with Gasteiger partial charge in [-0.3, -0.25) is 9.80 Å². The number of urea groups is 1. The first-order valence-electron chi connectivity index (χ1n) is 14.6. The lowest BCUT2D eigenvalue weighted by molar-refractivity contribution is 0.117. The molecule has 2 aliphatic rings. The van der Waals surface area contributed by atoms with Crippen molar-refractivity contribution < 1.29 is 28.5 Å². The summed E-state index contributed by atoms with van der Waals surface area (Å²) in [6.07, 6.45) is 3.95. The van der Waals surface area contributed by atoms with Gasteiger partial charge < -0.3 is 28.6 Å². The number of fused-ring (bicyclic) bond motifs is 2. The fraction of sp³-hybridized carbons (Fsp3) is 0.545. The van der Waals surface area contributed by atoms with E-state index < -0.39 is 0 Å². The minimum absolute atomic E-state index is 0.00943. The summed E-state index contributed by atoms with van der Waals surface area (Å²) in [5, 5.41) is 0. The van der Waals surface area contributed by atoms with Gasteiger partial charge in [-0.05, 0) is 55.1 Å². The number of carbonyl (C=O) groups is 1. The number of hydrogen-bond donors (Lipinski definition) is 0. The van der Waals surface area contributed by atoms with Crippen LogP contribution >= 0.6 is 0 Å². The number of rotatable bonds is 9. The van der Waals surface area contributed by atoms with E-state index in [2.05, 4.69) is 37.8 Å². The average Bonchev–Trinajstić information content (AvgIpc) is 3.09. The van der Waals surface area contributed by atoms with Crippen molar-refractivity contribution in [3.05, 3.63) is 58.3 Å². The first-order valence-corrected chi connectivity index (χ1v) is 14.6. The predicted octanol–water partition coefficient (Wildman–Crippen LogP) is 5.37. The monoisotopic (exact) mass is 581 g/mol. The molecule has 1 fully saturated rings. The van der Waals surface area contributed by atoms with Gasteiger partial charge in [-0.15, -0.1) is 0 Å². The van der Waals surface area contributed by atoms with E-state index in [-0.39, 0.29) is 11.4 Å². The lowest BCUT2D eigenvalue weighted by Crippen LogP contribution is -2.47. The summed E-state index contributed by atoms with van der Waals surface area (Å²) in [5.41, 5.74) is 5.05. The van der Waals surface area contributed by atoms with E-state index in [0.29, 0.717) is 26.2 Å². The normalized spacial score (nSPS) is 17.5. The molecule has 0 aliphatic carbocycles. The molecule has 0 atom stereocenters. The maximum atomic E-state index is 14.3. The van der Waals surface area contributed by atoms with E-state index in [1.54, 1.807) is 35.5 Å². The fourth-order valence-corrected chi connectivity index (χ4v) is 6.16. The van der Waals surface area contributed by atoms with Gasteiger partial charge in [0.15, 0.2) is 0 Å². The van der Waals surface area contributed by atoms with Gasteiger partial charge >= 0.3 is 6.03 Å². The Balaban J connectivity index is 1.70. The van der Waals surface area contributed by atoms with Gasteiger partial charge in [0.05, 0.1) is 41.6 Å². The second kappa shape index (κ2) is 13.7. The highest BCUT2D eigenvalue weighted by atomic mass is 16.5. The Kier molecular flexibility index (Phi) is 10.3. The van der Waals surface area contributed by atoms with Gasteiger partial charge in [0, 0.05) is 62.1 Å². The Morgan fingerprint density at radius 1 is 0.857 bits per heavy atom. The van der Waals surface area contributed by atoms with Gasteiger partial charge in [0.2, 0.25) is 0 Å². The topological polar surface area (TPSA) is 72.9 Å². The van der Waals surface area contributed by atoms with Crippen LogP contribution in [0.25, 0.3) is 0 Å². The lowest BCUT2D eigenvalue weighted by Gasteiger charge is -2.35. The third-order valence-electron chi connectivity index (χ3n) is 8.41. The summed E-state index contributed by atoms with van der Waals surface area (Å²) in [7, 11) is 8.38. The first-order chi connectivity index (χ1) is 20.1. The number of ether oxygens (including phenoxy) is 5. The summed E-state index contributed by atoms with van der Waals surface area (Å²) >= 11 is 0. The molecule has 2 aliphatic heterocycles. The summed E-state index contributed by atoms with van der Waals surface area (Å²) in [4.78, 5) is 20.6. The summed E-state index contributed by atoms with van der Waals surface area (Å²) in [6.45, 7) is 10.8. The van der Waals surface area contributed by atoms with E-state index >= 15 is 0 Å². The SMILES string of the molecule is COCCN1CCN(Cc2cc(OC)cc(OC)c2C)CCCC2=CC(C)(C)c3c(cc(OC)cc3OC)CN2C1=O. The van der Waals surface area contributed by atoms with Crippen molar-refractivity contribution >= 4 is 6.03 Å². The average molecular weight is 582 g/mol. The molecule has 0 unspecified atom stereocenters. The second-order valence-electron chi connectivity index (χ2n) is 11.6. The summed E-state index contributed by atoms with van der Waals surface area (Å²) in [6, 6.07) is 7.96. The molecule has 2 aromatic rings. The Morgan fingerprint density at radius 2 is 1.55 bits per heavy atom. The van der Waals surface area contributed by atoms with Crippen LogP contribution in [0.15, 0.2) is 36.0 Å². The summed E-state index contributed by atoms with van der Waals surface area (Å²) in [5.74, 6) is 3.08. The molecule has 0 N–H and O–H groups in total. The Hall–Kier alpha value is -3.43. The predicted molar refractivity (Wildman–Crippen MR) is 164 cm³/mol. The quantitative estimate of drug-likeness (QED) is 0.394. The molecule has 9 heteroatoms. The fourth-order valence-electron chi connectivity index (χ4n) is 6.16. The molecule has 0 saturated carbocycles. The van der Waals surface area contributed by atoms with Crippen molar-refractivity contribution in [3.8, 4) is 23.0 Å². The third-order valence-corrected chi connectivity index (χ3v) is 8.41. The van der Waals surface area contributed by atoms with Crippen molar-refractivity contribution in [1.29, 1.82) is 0 Å². The van der Waals surface area contributed by atoms with Crippen molar-refractivity contribution in [1.82, 2.24) is 14.7 Å². The molecule has 0 aromatic heterocycles. The maximum Gasteiger partial charge on any atom is 0.324 e. The molecule has 0 radical (unpaired) electrons. The highest BCUT2D eigenvalue weighted by Crippen LogP contribution is 2.43. The van der Waals surface area contributed by atoms with Crippen molar-refractivity contribution in [2.45, 2.75) is 52.1 Å². The smallest absolute Gasteiger partial charge is 0.324 e. The molecule has 2 heterocycles. The molecular formula is C33H47N3O6. The number of benzene rings is 2. The van der Waals surface area contributed by atoms with Crippen LogP contribution in [0.5, 0.6) is 23.0 Å². The van der Waals surface area contributed by atoms with Gasteiger partial charge in [0.1, 0.15) is 23.0 Å². The zero-order chi connectivity index (χ0) is 30.4. The van der Waals surface area contributed by atoms with Crippen LogP contribution in [0.4, 0.5) is 4.79 Å². The van der Waals surface area contributed by atoms with Crippen LogP contribution < -0.4 is 18.9 Å². The van der Waals surface area contributed by atoms with E-state index in [0.717, 1.165) is 83.4 Å².